The van der Waals surface area contributed by atoms with Crippen LogP contribution in [0.15, 0.2) is 30.3 Å². The molecule has 1 aromatic carbocycles. The molecule has 0 atom stereocenters. The van der Waals surface area contributed by atoms with E-state index in [1.807, 2.05) is 42.1 Å². The number of amides is 2. The summed E-state index contributed by atoms with van der Waals surface area (Å²) >= 11 is 6.30. The fraction of sp³-hybridized carbons (Fsp3) is 0.478. The van der Waals surface area contributed by atoms with Gasteiger partial charge >= 0.3 is 0 Å². The maximum Gasteiger partial charge on any atom is 0.271 e. The summed E-state index contributed by atoms with van der Waals surface area (Å²) in [4.78, 5) is 31.0. The quantitative estimate of drug-likeness (QED) is 0.689. The molecule has 1 aliphatic carbocycles. The Morgan fingerprint density at radius 3 is 2.47 bits per heavy atom. The number of carbonyl (C=O) groups is 2. The lowest BCUT2D eigenvalue weighted by molar-refractivity contribution is 0.0746. The van der Waals surface area contributed by atoms with Crippen LogP contribution >= 0.6 is 11.6 Å². The molecule has 2 heterocycles. The Labute approximate surface area is 193 Å². The number of aromatic nitrogens is 2. The van der Waals surface area contributed by atoms with Crippen molar-refractivity contribution in [2.24, 2.45) is 5.92 Å². The Bertz CT molecular complexity index is 969. The van der Waals surface area contributed by atoms with Crippen molar-refractivity contribution >= 4 is 34.9 Å². The first-order valence-electron chi connectivity index (χ1n) is 11.1. The fourth-order valence-corrected chi connectivity index (χ4v) is 3.96. The van der Waals surface area contributed by atoms with Gasteiger partial charge in [-0.3, -0.25) is 9.59 Å². The number of anilines is 2. The van der Waals surface area contributed by atoms with E-state index in [1.165, 1.54) is 12.8 Å². The number of nitrogens with one attached hydrogen (secondary N) is 1. The van der Waals surface area contributed by atoms with E-state index in [0.29, 0.717) is 54.8 Å². The molecule has 1 saturated heterocycles. The van der Waals surface area contributed by atoms with Gasteiger partial charge in [-0.2, -0.15) is 0 Å². The van der Waals surface area contributed by atoms with Gasteiger partial charge < -0.3 is 20.0 Å². The summed E-state index contributed by atoms with van der Waals surface area (Å²) in [7, 11) is 3.86. The highest BCUT2D eigenvalue weighted by Crippen LogP contribution is 2.31. The van der Waals surface area contributed by atoms with Crippen LogP contribution in [-0.4, -0.2) is 73.7 Å². The number of piperazine rings is 1. The van der Waals surface area contributed by atoms with Crippen molar-refractivity contribution in [2.75, 3.05) is 56.6 Å². The van der Waals surface area contributed by atoms with Gasteiger partial charge in [0.1, 0.15) is 0 Å². The average Bonchev–Trinajstić information content (AvgIpc) is 3.63. The first kappa shape index (κ1) is 22.3. The number of hydrogen-bond donors (Lipinski definition) is 1. The van der Waals surface area contributed by atoms with Gasteiger partial charge in [-0.25, -0.2) is 0 Å². The predicted molar refractivity (Wildman–Crippen MR) is 126 cm³/mol. The summed E-state index contributed by atoms with van der Waals surface area (Å²) in [6, 6.07) is 9.01. The van der Waals surface area contributed by atoms with E-state index < -0.39 is 0 Å². The van der Waals surface area contributed by atoms with Gasteiger partial charge in [0.05, 0.1) is 10.6 Å². The largest absolute Gasteiger partial charge is 0.378 e. The van der Waals surface area contributed by atoms with Crippen LogP contribution < -0.4 is 15.1 Å². The fourth-order valence-electron chi connectivity index (χ4n) is 3.77. The Morgan fingerprint density at radius 1 is 1.09 bits per heavy atom. The van der Waals surface area contributed by atoms with Gasteiger partial charge in [0.25, 0.3) is 11.8 Å². The standard InChI is InChI=1S/C23H29ClN6O2/c1-28(2)17-5-6-19(24)18(15-17)23(32)30-13-11-29(12-14-30)21-8-7-20(26-27-21)22(31)25-10-9-16-3-4-16/h5-8,15-16H,3-4,9-14H2,1-2H3,(H,25,31). The van der Waals surface area contributed by atoms with Crippen LogP contribution in [0.4, 0.5) is 11.5 Å². The van der Waals surface area contributed by atoms with Crippen LogP contribution in [0.1, 0.15) is 40.1 Å². The number of hydrogen-bond acceptors (Lipinski definition) is 6. The van der Waals surface area contributed by atoms with E-state index >= 15 is 0 Å². The van der Waals surface area contributed by atoms with Crippen molar-refractivity contribution in [1.82, 2.24) is 20.4 Å². The summed E-state index contributed by atoms with van der Waals surface area (Å²) in [5.74, 6) is 1.24. The lowest BCUT2D eigenvalue weighted by Crippen LogP contribution is -2.49. The second kappa shape index (κ2) is 9.73. The second-order valence-corrected chi connectivity index (χ2v) is 9.01. The smallest absolute Gasteiger partial charge is 0.271 e. The van der Waals surface area contributed by atoms with Crippen molar-refractivity contribution in [3.8, 4) is 0 Å². The predicted octanol–water partition coefficient (Wildman–Crippen LogP) is 2.69. The molecular formula is C23H29ClN6O2. The molecule has 0 unspecified atom stereocenters. The molecule has 2 amide bonds. The van der Waals surface area contributed by atoms with E-state index in [0.717, 1.165) is 18.0 Å². The van der Waals surface area contributed by atoms with Gasteiger partial charge in [0, 0.05) is 52.5 Å². The van der Waals surface area contributed by atoms with Crippen molar-refractivity contribution in [2.45, 2.75) is 19.3 Å². The minimum absolute atomic E-state index is 0.0670. The molecule has 4 rings (SSSR count). The number of rotatable bonds is 7. The second-order valence-electron chi connectivity index (χ2n) is 8.60. The molecule has 2 fully saturated rings. The molecule has 9 heteroatoms. The van der Waals surface area contributed by atoms with E-state index in [4.69, 9.17) is 11.6 Å². The first-order valence-corrected chi connectivity index (χ1v) is 11.4. The molecule has 0 spiro atoms. The number of halogens is 1. The third-order valence-corrected chi connectivity index (χ3v) is 6.34. The van der Waals surface area contributed by atoms with E-state index in [9.17, 15) is 9.59 Å². The summed E-state index contributed by atoms with van der Waals surface area (Å²) in [5, 5.41) is 11.7. The zero-order chi connectivity index (χ0) is 22.7. The van der Waals surface area contributed by atoms with Gasteiger partial charge in [0.15, 0.2) is 11.5 Å². The topological polar surface area (TPSA) is 81.7 Å². The van der Waals surface area contributed by atoms with Crippen molar-refractivity contribution in [3.63, 3.8) is 0 Å². The molecule has 1 aliphatic heterocycles. The van der Waals surface area contributed by atoms with Crippen molar-refractivity contribution in [3.05, 3.63) is 46.6 Å². The van der Waals surface area contributed by atoms with Gasteiger partial charge in [-0.05, 0) is 42.7 Å². The van der Waals surface area contributed by atoms with Crippen LogP contribution in [-0.2, 0) is 0 Å². The average molecular weight is 457 g/mol. The molecule has 1 saturated carbocycles. The number of nitrogens with zero attached hydrogens (tertiary/aromatic N) is 5. The molecule has 8 nitrogen and oxygen atoms in total. The Hall–Kier alpha value is -2.87. The SMILES string of the molecule is CN(C)c1ccc(Cl)c(C(=O)N2CCN(c3ccc(C(=O)NCCC4CC4)nn3)CC2)c1. The maximum atomic E-state index is 13.0. The van der Waals surface area contributed by atoms with Crippen LogP contribution in [0.2, 0.25) is 5.02 Å². The molecular weight excluding hydrogens is 428 g/mol. The van der Waals surface area contributed by atoms with E-state index in [-0.39, 0.29) is 11.8 Å². The molecule has 32 heavy (non-hydrogen) atoms. The van der Waals surface area contributed by atoms with Crippen LogP contribution in [0, 0.1) is 5.92 Å². The number of benzene rings is 1. The number of carbonyl (C=O) groups excluding carboxylic acids is 2. The summed E-state index contributed by atoms with van der Waals surface area (Å²) in [5.41, 5.74) is 1.78. The van der Waals surface area contributed by atoms with Crippen molar-refractivity contribution < 1.29 is 9.59 Å². The maximum absolute atomic E-state index is 13.0. The monoisotopic (exact) mass is 456 g/mol. The zero-order valence-corrected chi connectivity index (χ0v) is 19.3. The van der Waals surface area contributed by atoms with Crippen LogP contribution in [0.5, 0.6) is 0 Å². The lowest BCUT2D eigenvalue weighted by atomic mass is 10.1. The molecule has 2 aromatic rings. The van der Waals surface area contributed by atoms with Crippen molar-refractivity contribution in [1.29, 1.82) is 0 Å². The molecule has 0 radical (unpaired) electrons. The highest BCUT2D eigenvalue weighted by molar-refractivity contribution is 6.34. The summed E-state index contributed by atoms with van der Waals surface area (Å²) < 4.78 is 0. The highest BCUT2D eigenvalue weighted by atomic mass is 35.5. The van der Waals surface area contributed by atoms with Crippen LogP contribution in [0.3, 0.4) is 0 Å². The first-order chi connectivity index (χ1) is 15.4. The summed E-state index contributed by atoms with van der Waals surface area (Å²) in [6.07, 6.45) is 3.59. The summed E-state index contributed by atoms with van der Waals surface area (Å²) in [6.45, 7) is 3.08. The van der Waals surface area contributed by atoms with Gasteiger partial charge in [-0.15, -0.1) is 10.2 Å². The third-order valence-electron chi connectivity index (χ3n) is 6.01. The minimum atomic E-state index is -0.183. The van der Waals surface area contributed by atoms with Gasteiger partial charge in [-0.1, -0.05) is 24.4 Å². The normalized spacial score (nSPS) is 16.1. The minimum Gasteiger partial charge on any atom is -0.378 e. The third kappa shape index (κ3) is 5.30. The Balaban J connectivity index is 1.32. The highest BCUT2D eigenvalue weighted by Gasteiger charge is 2.25. The van der Waals surface area contributed by atoms with E-state index in [2.05, 4.69) is 20.4 Å². The zero-order valence-electron chi connectivity index (χ0n) is 18.6. The van der Waals surface area contributed by atoms with Gasteiger partial charge in [0.2, 0.25) is 0 Å². The lowest BCUT2D eigenvalue weighted by Gasteiger charge is -2.35. The Kier molecular flexibility index (Phi) is 6.79. The van der Waals surface area contributed by atoms with E-state index in [1.54, 1.807) is 12.1 Å². The molecule has 170 valence electrons. The molecule has 0 bridgehead atoms. The van der Waals surface area contributed by atoms with Crippen LogP contribution in [0.25, 0.3) is 0 Å². The molecule has 2 aliphatic rings. The molecule has 1 N–H and O–H groups in total. The Morgan fingerprint density at radius 2 is 1.84 bits per heavy atom. The molecule has 1 aromatic heterocycles.